The van der Waals surface area contributed by atoms with Crippen molar-refractivity contribution in [2.45, 2.75) is 74.5 Å². The van der Waals surface area contributed by atoms with Crippen LogP contribution in [-0.2, 0) is 14.4 Å². The molecule has 0 aromatic rings. The summed E-state index contributed by atoms with van der Waals surface area (Å²) in [6, 6.07) is -0.697. The number of aliphatic hydroxyl groups is 1. The molecule has 0 saturated carbocycles. The normalized spacial score (nSPS) is 35.4. The number of hydrogen-bond donors (Lipinski definition) is 2. The van der Waals surface area contributed by atoms with E-state index in [-0.39, 0.29) is 31.0 Å². The number of hydrogen-bond acceptors (Lipinski definition) is 5. The maximum atomic E-state index is 13.9. The highest BCUT2D eigenvalue weighted by Crippen LogP contribution is 2.71. The van der Waals surface area contributed by atoms with Crippen molar-refractivity contribution in [2.75, 3.05) is 19.7 Å². The molecule has 3 unspecified atom stereocenters. The minimum Gasteiger partial charge on any atom is -0.481 e. The molecule has 2 amide bonds. The van der Waals surface area contributed by atoms with E-state index in [1.165, 1.54) is 0 Å². The smallest absolute Gasteiger partial charge is 0.308 e. The van der Waals surface area contributed by atoms with Crippen molar-refractivity contribution in [3.05, 3.63) is 12.7 Å². The third kappa shape index (κ3) is 3.36. The lowest BCUT2D eigenvalue weighted by atomic mass is 9.66. The molecule has 3 aliphatic heterocycles. The Bertz CT molecular complexity index is 730. The minimum absolute atomic E-state index is 0.000189. The first-order chi connectivity index (χ1) is 14.2. The fraction of sp³-hybridized carbons (Fsp3) is 0.773. The van der Waals surface area contributed by atoms with Crippen molar-refractivity contribution in [3.63, 3.8) is 0 Å². The molecular formula is C22H34N2O5S. The molecule has 3 saturated heterocycles. The number of rotatable bonds is 10. The lowest BCUT2D eigenvalue weighted by Gasteiger charge is -2.39. The van der Waals surface area contributed by atoms with E-state index < -0.39 is 33.3 Å². The van der Waals surface area contributed by atoms with Crippen LogP contribution >= 0.6 is 11.8 Å². The third-order valence-electron chi connectivity index (χ3n) is 7.18. The third-order valence-corrected chi connectivity index (χ3v) is 9.17. The highest BCUT2D eigenvalue weighted by molar-refractivity contribution is 8.02. The van der Waals surface area contributed by atoms with Gasteiger partial charge in [0.25, 0.3) is 0 Å². The number of carbonyl (C=O) groups excluding carboxylic acids is 2. The molecule has 0 aromatic heterocycles. The van der Waals surface area contributed by atoms with Crippen LogP contribution in [-0.4, -0.2) is 79.1 Å². The first-order valence-electron chi connectivity index (χ1n) is 10.9. The van der Waals surface area contributed by atoms with Crippen LogP contribution in [0.1, 0.15) is 52.9 Å². The summed E-state index contributed by atoms with van der Waals surface area (Å²) >= 11 is 1.55. The van der Waals surface area contributed by atoms with Crippen LogP contribution in [0.25, 0.3) is 0 Å². The fourth-order valence-corrected chi connectivity index (χ4v) is 8.26. The van der Waals surface area contributed by atoms with Crippen molar-refractivity contribution in [1.82, 2.24) is 9.80 Å². The topological polar surface area (TPSA) is 98.2 Å². The van der Waals surface area contributed by atoms with Gasteiger partial charge in [-0.05, 0) is 39.5 Å². The zero-order chi connectivity index (χ0) is 22.3. The van der Waals surface area contributed by atoms with Gasteiger partial charge in [-0.15, -0.1) is 18.3 Å². The second-order valence-electron chi connectivity index (χ2n) is 9.09. The molecule has 0 radical (unpaired) electrons. The summed E-state index contributed by atoms with van der Waals surface area (Å²) in [5.74, 6) is -2.81. The Morgan fingerprint density at radius 1 is 1.43 bits per heavy atom. The standard InChI is InChI=1S/C22H34N2O5S/c1-5-8-14(3)23(11-6-2)19(27)17-22-10-9-21(4,30-22)16(20(28)29)15(22)18(26)24(17)12-7-13-25/h6,14-17,25H,2,5,7-13H2,1,3-4H3,(H,28,29)/t14?,15-,16+,17?,21-,22?/m0/s1. The van der Waals surface area contributed by atoms with E-state index in [0.29, 0.717) is 25.8 Å². The molecule has 0 aliphatic carbocycles. The van der Waals surface area contributed by atoms with Gasteiger partial charge in [-0.25, -0.2) is 0 Å². The first kappa shape index (κ1) is 23.1. The summed E-state index contributed by atoms with van der Waals surface area (Å²) in [5, 5.41) is 19.3. The number of thioether (sulfide) groups is 1. The number of carbonyl (C=O) groups is 3. The molecule has 0 aromatic carbocycles. The van der Waals surface area contributed by atoms with Crippen molar-refractivity contribution >= 4 is 29.5 Å². The average molecular weight is 439 g/mol. The molecule has 3 rings (SSSR count). The Balaban J connectivity index is 2.05. The van der Waals surface area contributed by atoms with Crippen molar-refractivity contribution in [3.8, 4) is 0 Å². The van der Waals surface area contributed by atoms with Crippen molar-refractivity contribution in [1.29, 1.82) is 0 Å². The van der Waals surface area contributed by atoms with E-state index in [0.717, 1.165) is 12.8 Å². The van der Waals surface area contributed by atoms with Crippen LogP contribution in [0.4, 0.5) is 0 Å². The number of carboxylic acids is 1. The van der Waals surface area contributed by atoms with Gasteiger partial charge in [-0.1, -0.05) is 19.4 Å². The van der Waals surface area contributed by atoms with Crippen LogP contribution in [0.15, 0.2) is 12.7 Å². The molecule has 3 heterocycles. The molecule has 3 fully saturated rings. The fourth-order valence-electron chi connectivity index (χ4n) is 5.92. The molecule has 6 atom stereocenters. The molecule has 3 aliphatic rings. The zero-order valence-electron chi connectivity index (χ0n) is 18.2. The Hall–Kier alpha value is -1.54. The molecule has 30 heavy (non-hydrogen) atoms. The number of fused-ring (bicyclic) bond motifs is 1. The lowest BCUT2D eigenvalue weighted by molar-refractivity contribution is -0.150. The van der Waals surface area contributed by atoms with Crippen LogP contribution in [0.2, 0.25) is 0 Å². The quantitative estimate of drug-likeness (QED) is 0.507. The van der Waals surface area contributed by atoms with Gasteiger partial charge in [0.1, 0.15) is 6.04 Å². The summed E-state index contributed by atoms with van der Waals surface area (Å²) in [6.07, 6.45) is 5.18. The van der Waals surface area contributed by atoms with Gasteiger partial charge in [0.05, 0.1) is 16.6 Å². The summed E-state index contributed by atoms with van der Waals surface area (Å²) in [4.78, 5) is 43.0. The van der Waals surface area contributed by atoms with Crippen molar-refractivity contribution in [2.24, 2.45) is 11.8 Å². The van der Waals surface area contributed by atoms with E-state index in [1.54, 1.807) is 27.6 Å². The Morgan fingerprint density at radius 3 is 2.70 bits per heavy atom. The van der Waals surface area contributed by atoms with E-state index in [4.69, 9.17) is 0 Å². The predicted molar refractivity (Wildman–Crippen MR) is 116 cm³/mol. The molecule has 168 valence electrons. The Morgan fingerprint density at radius 2 is 2.13 bits per heavy atom. The van der Waals surface area contributed by atoms with Crippen LogP contribution in [0.5, 0.6) is 0 Å². The van der Waals surface area contributed by atoms with Crippen LogP contribution in [0.3, 0.4) is 0 Å². The molecular weight excluding hydrogens is 404 g/mol. The molecule has 1 spiro atoms. The molecule has 2 bridgehead atoms. The van der Waals surface area contributed by atoms with E-state index >= 15 is 0 Å². The van der Waals surface area contributed by atoms with E-state index in [1.807, 2.05) is 13.8 Å². The monoisotopic (exact) mass is 438 g/mol. The molecule has 8 heteroatoms. The SMILES string of the molecule is C=CCN(C(=O)C1N(CCCO)C(=O)[C@@H]2[C@H](C(=O)O)[C@]3(C)CCC12S3)C(C)CCC. The second-order valence-corrected chi connectivity index (χ2v) is 11.0. The van der Waals surface area contributed by atoms with E-state index in [9.17, 15) is 24.6 Å². The summed E-state index contributed by atoms with van der Waals surface area (Å²) < 4.78 is -1.25. The maximum absolute atomic E-state index is 13.9. The summed E-state index contributed by atoms with van der Waals surface area (Å²) in [7, 11) is 0. The van der Waals surface area contributed by atoms with Gasteiger partial charge in [0.2, 0.25) is 11.8 Å². The van der Waals surface area contributed by atoms with Gasteiger partial charge >= 0.3 is 5.97 Å². The predicted octanol–water partition coefficient (Wildman–Crippen LogP) is 2.14. The number of aliphatic carboxylic acids is 1. The molecule has 7 nitrogen and oxygen atoms in total. The Kier molecular flexibility index (Phi) is 6.58. The zero-order valence-corrected chi connectivity index (χ0v) is 19.0. The summed E-state index contributed by atoms with van der Waals surface area (Å²) in [6.45, 7) is 10.4. The maximum Gasteiger partial charge on any atom is 0.308 e. The highest BCUT2D eigenvalue weighted by Gasteiger charge is 2.77. The van der Waals surface area contributed by atoms with Gasteiger partial charge in [0.15, 0.2) is 0 Å². The minimum atomic E-state index is -0.956. The molecule has 2 N–H and O–H groups in total. The van der Waals surface area contributed by atoms with Crippen LogP contribution in [0, 0.1) is 11.8 Å². The van der Waals surface area contributed by atoms with E-state index in [2.05, 4.69) is 13.5 Å². The number of likely N-dealkylation sites (tertiary alicyclic amines) is 1. The van der Waals surface area contributed by atoms with Gasteiger partial charge in [-0.3, -0.25) is 14.4 Å². The van der Waals surface area contributed by atoms with Gasteiger partial charge in [0, 0.05) is 30.5 Å². The first-order valence-corrected chi connectivity index (χ1v) is 11.8. The van der Waals surface area contributed by atoms with Crippen molar-refractivity contribution < 1.29 is 24.6 Å². The largest absolute Gasteiger partial charge is 0.481 e. The van der Waals surface area contributed by atoms with Gasteiger partial charge < -0.3 is 20.0 Å². The van der Waals surface area contributed by atoms with Gasteiger partial charge in [-0.2, -0.15) is 0 Å². The average Bonchev–Trinajstić information content (AvgIpc) is 3.25. The number of amides is 2. The number of aliphatic hydroxyl groups excluding tert-OH is 1. The summed E-state index contributed by atoms with van der Waals surface area (Å²) in [5.41, 5.74) is 0. The van der Waals surface area contributed by atoms with Crippen LogP contribution < -0.4 is 0 Å². The number of nitrogens with zero attached hydrogens (tertiary/aromatic N) is 2. The second kappa shape index (κ2) is 8.54. The lowest BCUT2D eigenvalue weighted by Crippen LogP contribution is -2.56. The number of carboxylic acid groups (broad SMARTS) is 1. The highest BCUT2D eigenvalue weighted by atomic mass is 32.2. The Labute approximate surface area is 182 Å².